The van der Waals surface area contributed by atoms with E-state index in [0.717, 1.165) is 21.6 Å². The van der Waals surface area contributed by atoms with Gasteiger partial charge in [-0.3, -0.25) is 52.7 Å². The van der Waals surface area contributed by atoms with Gasteiger partial charge < -0.3 is 69.3 Å². The fourth-order valence-electron chi connectivity index (χ4n) is 7.50. The second-order valence-corrected chi connectivity index (χ2v) is 20.8. The average molecular weight is 1040 g/mol. The number of phenolic OH excluding ortho intramolecular Hbond substituents is 1. The summed E-state index contributed by atoms with van der Waals surface area (Å²) in [5.41, 5.74) is 17.5. The largest absolute Gasteiger partial charge is 0.508 e. The van der Waals surface area contributed by atoms with E-state index in [9.17, 15) is 57.8 Å². The number of primary amides is 2. The van der Waals surface area contributed by atoms with Crippen molar-refractivity contribution in [3.63, 3.8) is 0 Å². The number of aromatic hydroxyl groups is 1. The lowest BCUT2D eigenvalue weighted by atomic mass is 9.96. The van der Waals surface area contributed by atoms with Crippen molar-refractivity contribution in [1.29, 1.82) is 0 Å². The smallest absolute Gasteiger partial charge is 0.246 e. The lowest BCUT2D eigenvalue weighted by molar-refractivity contribution is -0.142. The number of carbonyl (C=O) groups is 11. The first-order valence-corrected chi connectivity index (χ1v) is 25.9. The first-order valence-electron chi connectivity index (χ1n) is 23.4. The van der Waals surface area contributed by atoms with Gasteiger partial charge in [0.05, 0.1) is 19.0 Å². The second kappa shape index (κ2) is 28.6. The molecule has 0 radical (unpaired) electrons. The van der Waals surface area contributed by atoms with E-state index in [0.29, 0.717) is 18.4 Å². The molecule has 71 heavy (non-hydrogen) atoms. The molecule has 1 unspecified atom stereocenters. The summed E-state index contributed by atoms with van der Waals surface area (Å²) in [5.74, 6) is -9.72. The standard InChI is InChI=1S/C45H70N12O12S2/c1-7-24(4)37-44(68)50-28(14-15-34(47)59)40(64)52-31(19-36(61)56(5)6)41(65)54-32(22-71-70-21-27(46)38(62)51-30(42(66)55-37)18-25-10-12-26(58)13-11-25)45(69)57-16-8-9-33(57)43(67)53-29(17-23(2)3)39(63)49-20-35(48)60/h10-13,23-24,27-33,37,58H,7-9,14-22,46H2,1-6H3,(H2,47,59)(H2,48,60)(H,49,63)(H,50,68)(H,51,62)(H,52,64)(H,53,67)(H,54,65)(H,55,66)/t24-,27-,28-,29-,30-,31-,32-,33-,37?/m0/s1. The van der Waals surface area contributed by atoms with E-state index in [1.807, 2.05) is 13.8 Å². The van der Waals surface area contributed by atoms with E-state index in [1.165, 1.54) is 36.0 Å². The first-order chi connectivity index (χ1) is 33.4. The summed E-state index contributed by atoms with van der Waals surface area (Å²) in [5, 5.41) is 28.0. The van der Waals surface area contributed by atoms with Crippen LogP contribution in [-0.2, 0) is 59.2 Å². The normalized spacial score (nSPS) is 23.9. The van der Waals surface area contributed by atoms with Crippen molar-refractivity contribution in [1.82, 2.24) is 47.0 Å². The van der Waals surface area contributed by atoms with Crippen molar-refractivity contribution >= 4 is 86.6 Å². The van der Waals surface area contributed by atoms with Crippen LogP contribution in [0.4, 0.5) is 0 Å². The molecular formula is C45H70N12O12S2. The Morgan fingerprint density at radius 2 is 1.42 bits per heavy atom. The van der Waals surface area contributed by atoms with Crippen LogP contribution in [0.15, 0.2) is 24.3 Å². The van der Waals surface area contributed by atoms with Crippen molar-refractivity contribution < 1.29 is 57.8 Å². The fourth-order valence-corrected chi connectivity index (χ4v) is 9.78. The Bertz CT molecular complexity index is 2100. The minimum absolute atomic E-state index is 0.0424. The van der Waals surface area contributed by atoms with Gasteiger partial charge in [-0.05, 0) is 55.2 Å². The minimum atomic E-state index is -1.68. The molecule has 24 nitrogen and oxygen atoms in total. The van der Waals surface area contributed by atoms with Crippen LogP contribution < -0.4 is 54.4 Å². The van der Waals surface area contributed by atoms with Gasteiger partial charge in [0.15, 0.2) is 0 Å². The quantitative estimate of drug-likeness (QED) is 0.0693. The molecule has 0 saturated carbocycles. The molecule has 2 saturated heterocycles. The Morgan fingerprint density at radius 1 is 0.817 bits per heavy atom. The van der Waals surface area contributed by atoms with E-state index in [4.69, 9.17) is 17.2 Å². The first kappa shape index (κ1) is 59.2. The monoisotopic (exact) mass is 1030 g/mol. The van der Waals surface area contributed by atoms with Crippen molar-refractivity contribution in [2.45, 2.75) is 127 Å². The van der Waals surface area contributed by atoms with Crippen LogP contribution in [0.25, 0.3) is 0 Å². The zero-order chi connectivity index (χ0) is 53.1. The maximum atomic E-state index is 14.6. The maximum absolute atomic E-state index is 14.6. The number of rotatable bonds is 17. The predicted molar refractivity (Wildman–Crippen MR) is 264 cm³/mol. The number of phenols is 1. The molecule has 0 aliphatic carbocycles. The highest BCUT2D eigenvalue weighted by molar-refractivity contribution is 8.76. The number of likely N-dealkylation sites (tertiary alicyclic amines) is 1. The molecule has 2 aliphatic rings. The van der Waals surface area contributed by atoms with Gasteiger partial charge in [0.2, 0.25) is 65.0 Å². The number of hydrogen-bond acceptors (Lipinski definition) is 15. The summed E-state index contributed by atoms with van der Waals surface area (Å²) >= 11 is 0. The van der Waals surface area contributed by atoms with Gasteiger partial charge in [0.25, 0.3) is 0 Å². The molecule has 1 aromatic carbocycles. The van der Waals surface area contributed by atoms with Crippen LogP contribution in [0.1, 0.15) is 78.2 Å². The highest BCUT2D eigenvalue weighted by atomic mass is 33.1. The number of amides is 11. The molecule has 11 amide bonds. The van der Waals surface area contributed by atoms with E-state index in [2.05, 4.69) is 37.2 Å². The van der Waals surface area contributed by atoms with Crippen LogP contribution in [0.5, 0.6) is 5.75 Å². The maximum Gasteiger partial charge on any atom is 0.246 e. The van der Waals surface area contributed by atoms with E-state index in [-0.39, 0.29) is 55.4 Å². The zero-order valence-corrected chi connectivity index (χ0v) is 42.6. The molecule has 0 spiro atoms. The number of nitrogens with zero attached hydrogens (tertiary/aromatic N) is 2. The third-order valence-corrected chi connectivity index (χ3v) is 14.2. The van der Waals surface area contributed by atoms with Gasteiger partial charge >= 0.3 is 0 Å². The van der Waals surface area contributed by atoms with Gasteiger partial charge in [-0.2, -0.15) is 0 Å². The molecule has 26 heteroatoms. The predicted octanol–water partition coefficient (Wildman–Crippen LogP) is -3.01. The number of nitrogens with one attached hydrogen (secondary N) is 7. The Balaban J connectivity index is 2.09. The van der Waals surface area contributed by atoms with Crippen molar-refractivity contribution in [2.75, 3.05) is 38.7 Å². The van der Waals surface area contributed by atoms with Gasteiger partial charge in [-0.15, -0.1) is 0 Å². The molecule has 3 rings (SSSR count). The molecule has 2 heterocycles. The summed E-state index contributed by atoms with van der Waals surface area (Å²) in [7, 11) is 4.92. The third-order valence-electron chi connectivity index (χ3n) is 11.8. The fraction of sp³-hybridized carbons (Fsp3) is 0.622. The van der Waals surface area contributed by atoms with Gasteiger partial charge in [0, 0.05) is 45.0 Å². The van der Waals surface area contributed by atoms with Crippen molar-refractivity contribution in [3.05, 3.63) is 29.8 Å². The van der Waals surface area contributed by atoms with Crippen LogP contribution >= 0.6 is 21.6 Å². The topological polar surface area (TPSA) is 377 Å². The second-order valence-electron chi connectivity index (χ2n) is 18.2. The molecule has 0 aromatic heterocycles. The van der Waals surface area contributed by atoms with Crippen LogP contribution in [0.2, 0.25) is 0 Å². The average Bonchev–Trinajstić information content (AvgIpc) is 3.81. The molecule has 9 atom stereocenters. The number of carbonyl (C=O) groups excluding carboxylic acids is 11. The SMILES string of the molecule is CC[C@H](C)C1NC(=O)[C@H](Cc2ccc(O)cc2)NC(=O)[C@@H](N)CSSC[C@@H](C(=O)N2CCC[C@H]2C(=O)N[C@@H](CC(C)C)C(=O)NCC(N)=O)NC(=O)[C@H](CC(=O)N(C)C)NC(=O)[C@H](CCC(N)=O)NC1=O. The van der Waals surface area contributed by atoms with Gasteiger partial charge in [-0.1, -0.05) is 67.8 Å². The van der Waals surface area contributed by atoms with E-state index in [1.54, 1.807) is 26.0 Å². The number of nitrogens with two attached hydrogens (primary N) is 3. The lowest BCUT2D eigenvalue weighted by Crippen LogP contribution is -2.61. The summed E-state index contributed by atoms with van der Waals surface area (Å²) in [4.78, 5) is 151. The van der Waals surface area contributed by atoms with E-state index >= 15 is 0 Å². The molecule has 0 bridgehead atoms. The highest BCUT2D eigenvalue weighted by Crippen LogP contribution is 2.26. The molecule has 394 valence electrons. The minimum Gasteiger partial charge on any atom is -0.508 e. The molecule has 2 aliphatic heterocycles. The molecule has 14 N–H and O–H groups in total. The summed E-state index contributed by atoms with van der Waals surface area (Å²) in [6.45, 7) is 6.66. The summed E-state index contributed by atoms with van der Waals surface area (Å²) in [6, 6.07) is -4.87. The highest BCUT2D eigenvalue weighted by Gasteiger charge is 2.41. The Labute approximate surface area is 420 Å². The molecule has 2 fully saturated rings. The van der Waals surface area contributed by atoms with E-state index < -0.39 is 139 Å². The summed E-state index contributed by atoms with van der Waals surface area (Å²) in [6.07, 6.45) is -0.462. The van der Waals surface area contributed by atoms with Crippen LogP contribution in [0, 0.1) is 11.8 Å². The molecular weight excluding hydrogens is 965 g/mol. The Hall–Kier alpha value is -6.15. The van der Waals surface area contributed by atoms with Crippen molar-refractivity contribution in [3.8, 4) is 5.75 Å². The summed E-state index contributed by atoms with van der Waals surface area (Å²) < 4.78 is 0. The Morgan fingerprint density at radius 3 is 2.03 bits per heavy atom. The van der Waals surface area contributed by atoms with Crippen molar-refractivity contribution in [2.24, 2.45) is 29.0 Å². The number of hydrogen-bond donors (Lipinski definition) is 11. The number of benzene rings is 1. The van der Waals surface area contributed by atoms with Gasteiger partial charge in [0.1, 0.15) is 48.0 Å². The van der Waals surface area contributed by atoms with Crippen LogP contribution in [-0.4, -0.2) is 167 Å². The van der Waals surface area contributed by atoms with Gasteiger partial charge in [-0.25, -0.2) is 0 Å². The third kappa shape index (κ3) is 19.2. The zero-order valence-electron chi connectivity index (χ0n) is 40.9. The molecule has 1 aromatic rings. The lowest BCUT2D eigenvalue weighted by Gasteiger charge is -2.31. The Kier molecular flexibility index (Phi) is 23.9. The van der Waals surface area contributed by atoms with Crippen LogP contribution in [0.3, 0.4) is 0 Å².